The van der Waals surface area contributed by atoms with Gasteiger partial charge in [0, 0.05) is 36.6 Å². The van der Waals surface area contributed by atoms with Crippen molar-refractivity contribution in [3.8, 4) is 11.5 Å². The lowest BCUT2D eigenvalue weighted by Crippen LogP contribution is -2.27. The highest BCUT2D eigenvalue weighted by Crippen LogP contribution is 2.30. The summed E-state index contributed by atoms with van der Waals surface area (Å²) in [6.07, 6.45) is 1.73. The molecular weight excluding hydrogens is 552 g/mol. The molecule has 2 aromatic heterocycles. The number of nitrogens with one attached hydrogen (secondary N) is 4. The Kier molecular flexibility index (Phi) is 12.3. The van der Waals surface area contributed by atoms with Gasteiger partial charge in [0.25, 0.3) is 5.91 Å². The van der Waals surface area contributed by atoms with Crippen LogP contribution in [-0.4, -0.2) is 79.6 Å². The molecule has 2 aromatic carbocycles. The second kappa shape index (κ2) is 17.1. The Bertz CT molecular complexity index is 1410. The summed E-state index contributed by atoms with van der Waals surface area (Å²) >= 11 is 0. The molecule has 4 aromatic rings. The van der Waals surface area contributed by atoms with Crippen molar-refractivity contribution in [2.45, 2.75) is 6.54 Å². The van der Waals surface area contributed by atoms with E-state index < -0.39 is 0 Å². The molecule has 0 radical (unpaired) electrons. The summed E-state index contributed by atoms with van der Waals surface area (Å²) in [6, 6.07) is 20.2. The van der Waals surface area contributed by atoms with Gasteiger partial charge in [-0.1, -0.05) is 24.3 Å². The van der Waals surface area contributed by atoms with Gasteiger partial charge >= 0.3 is 0 Å². The zero-order valence-electron chi connectivity index (χ0n) is 24.2. The number of carbonyl (C=O) groups excluding carboxylic acids is 1. The van der Waals surface area contributed by atoms with E-state index in [1.54, 1.807) is 44.7 Å². The maximum Gasteiger partial charge on any atom is 0.251 e. The SMILES string of the molecule is COc1ccc(Nc2nc(NCCOCCOCCNC(=O)c3ccccc3)nc(NCc3ccccn3)n2)cc1OC. The fraction of sp³-hybridized carbons (Fsp3) is 0.300. The van der Waals surface area contributed by atoms with Crippen LogP contribution in [0.5, 0.6) is 11.5 Å². The highest BCUT2D eigenvalue weighted by molar-refractivity contribution is 5.94. The fourth-order valence-corrected chi connectivity index (χ4v) is 3.79. The fourth-order valence-electron chi connectivity index (χ4n) is 3.79. The summed E-state index contributed by atoms with van der Waals surface area (Å²) in [5.41, 5.74) is 2.19. The predicted molar refractivity (Wildman–Crippen MR) is 163 cm³/mol. The van der Waals surface area contributed by atoms with Crippen LogP contribution < -0.4 is 30.7 Å². The molecule has 4 rings (SSSR count). The van der Waals surface area contributed by atoms with Crippen LogP contribution in [-0.2, 0) is 16.0 Å². The Morgan fingerprint density at radius 2 is 1.42 bits per heavy atom. The summed E-state index contributed by atoms with van der Waals surface area (Å²) in [4.78, 5) is 29.8. The second-order valence-corrected chi connectivity index (χ2v) is 8.95. The quantitative estimate of drug-likeness (QED) is 0.126. The van der Waals surface area contributed by atoms with Gasteiger partial charge in [-0.05, 0) is 36.4 Å². The van der Waals surface area contributed by atoms with Crippen LogP contribution >= 0.6 is 0 Å². The number of pyridine rings is 1. The Balaban J connectivity index is 1.23. The number of hydrogen-bond acceptors (Lipinski definition) is 12. The van der Waals surface area contributed by atoms with Crippen molar-refractivity contribution in [2.24, 2.45) is 0 Å². The van der Waals surface area contributed by atoms with Crippen molar-refractivity contribution in [3.05, 3.63) is 84.2 Å². The van der Waals surface area contributed by atoms with Gasteiger partial charge in [0.1, 0.15) is 0 Å². The Hall–Kier alpha value is -5.01. The minimum atomic E-state index is -0.123. The molecule has 0 bridgehead atoms. The average molecular weight is 589 g/mol. The first kappa shape index (κ1) is 30.9. The lowest BCUT2D eigenvalue weighted by molar-refractivity contribution is 0.0519. The van der Waals surface area contributed by atoms with E-state index in [1.807, 2.05) is 42.5 Å². The zero-order valence-corrected chi connectivity index (χ0v) is 24.2. The molecule has 2 heterocycles. The van der Waals surface area contributed by atoms with Crippen molar-refractivity contribution >= 4 is 29.4 Å². The number of rotatable bonds is 18. The van der Waals surface area contributed by atoms with Gasteiger partial charge in [-0.2, -0.15) is 15.0 Å². The number of benzene rings is 2. The summed E-state index contributed by atoms with van der Waals surface area (Å²) in [7, 11) is 3.16. The van der Waals surface area contributed by atoms with E-state index >= 15 is 0 Å². The van der Waals surface area contributed by atoms with Crippen molar-refractivity contribution in [2.75, 3.05) is 69.7 Å². The minimum Gasteiger partial charge on any atom is -0.493 e. The van der Waals surface area contributed by atoms with Crippen molar-refractivity contribution in [1.29, 1.82) is 0 Å². The van der Waals surface area contributed by atoms with Crippen LogP contribution in [0.15, 0.2) is 72.9 Å². The van der Waals surface area contributed by atoms with Crippen LogP contribution in [0.1, 0.15) is 16.1 Å². The van der Waals surface area contributed by atoms with E-state index in [0.717, 1.165) is 5.69 Å². The summed E-state index contributed by atoms with van der Waals surface area (Å²) in [5, 5.41) is 12.4. The second-order valence-electron chi connectivity index (χ2n) is 8.95. The molecule has 0 aliphatic rings. The molecule has 0 fully saturated rings. The van der Waals surface area contributed by atoms with Crippen molar-refractivity contribution < 1.29 is 23.7 Å². The van der Waals surface area contributed by atoms with Gasteiger partial charge in [0.15, 0.2) is 11.5 Å². The molecule has 0 atom stereocenters. The first-order valence-corrected chi connectivity index (χ1v) is 13.8. The molecule has 226 valence electrons. The lowest BCUT2D eigenvalue weighted by atomic mass is 10.2. The summed E-state index contributed by atoms with van der Waals surface area (Å²) < 4.78 is 21.9. The van der Waals surface area contributed by atoms with Crippen molar-refractivity contribution in [1.82, 2.24) is 25.3 Å². The molecule has 0 saturated carbocycles. The summed E-state index contributed by atoms with van der Waals surface area (Å²) in [6.45, 7) is 2.96. The smallest absolute Gasteiger partial charge is 0.251 e. The number of aromatic nitrogens is 4. The first-order valence-electron chi connectivity index (χ1n) is 13.8. The molecule has 0 spiro atoms. The van der Waals surface area contributed by atoms with Gasteiger partial charge in [0.2, 0.25) is 17.8 Å². The number of nitrogens with zero attached hydrogens (tertiary/aromatic N) is 4. The van der Waals surface area contributed by atoms with Gasteiger partial charge in [-0.3, -0.25) is 9.78 Å². The van der Waals surface area contributed by atoms with E-state index in [9.17, 15) is 4.79 Å². The Morgan fingerprint density at radius 1 is 0.721 bits per heavy atom. The molecule has 13 nitrogen and oxygen atoms in total. The molecule has 13 heteroatoms. The van der Waals surface area contributed by atoms with Crippen LogP contribution in [0.25, 0.3) is 0 Å². The molecule has 0 aliphatic heterocycles. The standard InChI is InChI=1S/C30H36N8O5/c1-40-25-12-11-23(20-26(25)41-2)35-30-37-28(36-29(38-30)34-21-24-10-6-7-13-31-24)33-15-17-43-19-18-42-16-14-32-27(39)22-8-4-3-5-9-22/h3-13,20H,14-19,21H2,1-2H3,(H,32,39)(H3,33,34,35,36,37,38). The maximum atomic E-state index is 12.0. The minimum absolute atomic E-state index is 0.123. The van der Waals surface area contributed by atoms with E-state index in [4.69, 9.17) is 18.9 Å². The number of anilines is 4. The molecule has 0 saturated heterocycles. The zero-order chi connectivity index (χ0) is 30.1. The highest BCUT2D eigenvalue weighted by Gasteiger charge is 2.10. The van der Waals surface area contributed by atoms with Crippen LogP contribution in [0.3, 0.4) is 0 Å². The lowest BCUT2D eigenvalue weighted by Gasteiger charge is -2.13. The third-order valence-electron chi connectivity index (χ3n) is 5.90. The molecule has 43 heavy (non-hydrogen) atoms. The van der Waals surface area contributed by atoms with Crippen LogP contribution in [0, 0.1) is 0 Å². The molecular formula is C30H36N8O5. The third kappa shape index (κ3) is 10.4. The van der Waals surface area contributed by atoms with Crippen LogP contribution in [0.4, 0.5) is 23.5 Å². The summed E-state index contributed by atoms with van der Waals surface area (Å²) in [5.74, 6) is 2.15. The van der Waals surface area contributed by atoms with Gasteiger partial charge in [-0.15, -0.1) is 0 Å². The normalized spacial score (nSPS) is 10.6. The van der Waals surface area contributed by atoms with Gasteiger partial charge in [-0.25, -0.2) is 0 Å². The number of carbonyl (C=O) groups is 1. The molecule has 4 N–H and O–H groups in total. The van der Waals surface area contributed by atoms with Crippen molar-refractivity contribution in [3.63, 3.8) is 0 Å². The third-order valence-corrected chi connectivity index (χ3v) is 5.90. The topological polar surface area (TPSA) is 154 Å². The van der Waals surface area contributed by atoms with E-state index in [2.05, 4.69) is 41.2 Å². The molecule has 0 unspecified atom stereocenters. The number of hydrogen-bond donors (Lipinski definition) is 4. The van der Waals surface area contributed by atoms with E-state index in [-0.39, 0.29) is 5.91 Å². The number of ether oxygens (including phenoxy) is 4. The number of methoxy groups -OCH3 is 2. The maximum absolute atomic E-state index is 12.0. The highest BCUT2D eigenvalue weighted by atomic mass is 16.5. The van der Waals surface area contributed by atoms with E-state index in [1.165, 1.54) is 0 Å². The average Bonchev–Trinajstić information content (AvgIpc) is 3.05. The van der Waals surface area contributed by atoms with Gasteiger partial charge < -0.3 is 40.2 Å². The van der Waals surface area contributed by atoms with Crippen LogP contribution in [0.2, 0.25) is 0 Å². The molecule has 1 amide bonds. The monoisotopic (exact) mass is 588 g/mol. The largest absolute Gasteiger partial charge is 0.493 e. The molecule has 0 aliphatic carbocycles. The first-order chi connectivity index (χ1) is 21.1. The van der Waals surface area contributed by atoms with E-state index in [0.29, 0.717) is 86.7 Å². The Morgan fingerprint density at radius 3 is 2.14 bits per heavy atom. The van der Waals surface area contributed by atoms with Gasteiger partial charge in [0.05, 0.1) is 52.9 Å². The predicted octanol–water partition coefficient (Wildman–Crippen LogP) is 3.51. The Labute approximate surface area is 250 Å². The number of amides is 1.